The summed E-state index contributed by atoms with van der Waals surface area (Å²) in [6, 6.07) is 13.4. The van der Waals surface area contributed by atoms with Crippen LogP contribution in [0.4, 0.5) is 10.5 Å². The molecular formula is C24H31N3O2SSi. The van der Waals surface area contributed by atoms with Gasteiger partial charge < -0.3 is 9.72 Å². The van der Waals surface area contributed by atoms with Crippen LogP contribution in [0.25, 0.3) is 11.0 Å². The van der Waals surface area contributed by atoms with Crippen LogP contribution >= 0.6 is 11.8 Å². The van der Waals surface area contributed by atoms with E-state index in [0.717, 1.165) is 58.5 Å². The lowest BCUT2D eigenvalue weighted by Gasteiger charge is -2.23. The van der Waals surface area contributed by atoms with Crippen molar-refractivity contribution >= 4 is 42.6 Å². The van der Waals surface area contributed by atoms with Gasteiger partial charge in [0.15, 0.2) is 5.16 Å². The lowest BCUT2D eigenvalue weighted by atomic mass is 9.89. The van der Waals surface area contributed by atoms with Crippen LogP contribution in [0.5, 0.6) is 0 Å². The van der Waals surface area contributed by atoms with Crippen LogP contribution in [0.15, 0.2) is 41.6 Å². The van der Waals surface area contributed by atoms with Gasteiger partial charge in [-0.2, -0.15) is 0 Å². The number of aryl methyl sites for hydroxylation is 1. The third-order valence-corrected chi connectivity index (χ3v) is 8.29. The van der Waals surface area contributed by atoms with Crippen LogP contribution in [0.3, 0.4) is 0 Å². The number of para-hydroxylation sites is 2. The molecule has 4 rings (SSSR count). The van der Waals surface area contributed by atoms with E-state index < -0.39 is 8.07 Å². The molecule has 0 radical (unpaired) electrons. The number of anilines is 1. The fourth-order valence-electron chi connectivity index (χ4n) is 3.88. The molecule has 31 heavy (non-hydrogen) atoms. The molecule has 0 saturated carbocycles. The highest BCUT2D eigenvalue weighted by Crippen LogP contribution is 2.34. The number of H-pyrrole nitrogens is 1. The molecule has 3 aromatic rings. The summed E-state index contributed by atoms with van der Waals surface area (Å²) < 4.78 is 5.53. The van der Waals surface area contributed by atoms with Crippen molar-refractivity contribution in [3.63, 3.8) is 0 Å². The number of fused-ring (bicyclic) bond motifs is 2. The minimum atomic E-state index is -1.23. The Morgan fingerprint density at radius 3 is 2.77 bits per heavy atom. The molecule has 1 heterocycles. The third kappa shape index (κ3) is 5.71. The number of rotatable bonds is 7. The molecule has 164 valence electrons. The van der Waals surface area contributed by atoms with Crippen LogP contribution in [0, 0.1) is 0 Å². The lowest BCUT2D eigenvalue weighted by Crippen LogP contribution is -2.24. The van der Waals surface area contributed by atoms with Crippen molar-refractivity contribution < 1.29 is 9.53 Å². The number of thioether (sulfide) groups is 1. The largest absolute Gasteiger partial charge is 0.450 e. The Morgan fingerprint density at radius 1 is 1.16 bits per heavy atom. The van der Waals surface area contributed by atoms with E-state index in [0.29, 0.717) is 6.61 Å². The van der Waals surface area contributed by atoms with E-state index in [1.807, 2.05) is 24.3 Å². The topological polar surface area (TPSA) is 67.0 Å². The van der Waals surface area contributed by atoms with Crippen molar-refractivity contribution in [1.29, 1.82) is 0 Å². The lowest BCUT2D eigenvalue weighted by molar-refractivity contribution is 0.167. The minimum absolute atomic E-state index is 0.341. The summed E-state index contributed by atoms with van der Waals surface area (Å²) in [5, 5.41) is 3.99. The Morgan fingerprint density at radius 2 is 1.97 bits per heavy atom. The third-order valence-electron chi connectivity index (χ3n) is 5.66. The van der Waals surface area contributed by atoms with Gasteiger partial charge >= 0.3 is 6.09 Å². The number of nitrogens with zero attached hydrogens (tertiary/aromatic N) is 1. The van der Waals surface area contributed by atoms with E-state index in [1.54, 1.807) is 11.8 Å². The zero-order valence-corrected chi connectivity index (χ0v) is 20.4. The quantitative estimate of drug-likeness (QED) is 0.311. The van der Waals surface area contributed by atoms with Crippen LogP contribution in [-0.2, 0) is 23.3 Å². The van der Waals surface area contributed by atoms with Gasteiger partial charge in [-0.15, -0.1) is 0 Å². The van der Waals surface area contributed by atoms with Crippen LogP contribution < -0.4 is 5.32 Å². The molecule has 1 aromatic heterocycles. The maximum atomic E-state index is 12.6. The molecule has 0 aliphatic heterocycles. The number of amides is 1. The highest BCUT2D eigenvalue weighted by molar-refractivity contribution is 7.98. The van der Waals surface area contributed by atoms with Gasteiger partial charge in [0, 0.05) is 13.8 Å². The van der Waals surface area contributed by atoms with Crippen molar-refractivity contribution in [3.05, 3.63) is 53.1 Å². The fraction of sp³-hybridized carbons (Fsp3) is 0.417. The minimum Gasteiger partial charge on any atom is -0.450 e. The zero-order valence-electron chi connectivity index (χ0n) is 18.6. The van der Waals surface area contributed by atoms with Crippen molar-refractivity contribution in [2.24, 2.45) is 0 Å². The Kier molecular flexibility index (Phi) is 6.72. The first kappa shape index (κ1) is 22.0. The second-order valence-corrected chi connectivity index (χ2v) is 15.9. The van der Waals surface area contributed by atoms with Crippen molar-refractivity contribution in [1.82, 2.24) is 9.97 Å². The average Bonchev–Trinajstić information content (AvgIpc) is 3.15. The van der Waals surface area contributed by atoms with Gasteiger partial charge in [-0.05, 0) is 60.6 Å². The van der Waals surface area contributed by atoms with Gasteiger partial charge in [-0.1, -0.05) is 55.7 Å². The summed E-state index contributed by atoms with van der Waals surface area (Å²) in [5.41, 5.74) is 6.70. The standard InChI is InChI=1S/C24H31N3O2SSi/c1-31(2,3)15-14-29-24(28)27-22-18(13-12-17-8-4-5-9-19(17)22)16-30-23-25-20-10-6-7-11-21(20)26-23/h6-7,10-13H,4-5,8-9,14-16H2,1-3H3,(H,25,26)(H,27,28). The molecule has 1 aliphatic carbocycles. The van der Waals surface area contributed by atoms with Crippen LogP contribution in [-0.4, -0.2) is 30.7 Å². The molecule has 2 N–H and O–H groups in total. The number of ether oxygens (including phenoxy) is 1. The molecule has 1 aliphatic rings. The molecule has 1 amide bonds. The maximum Gasteiger partial charge on any atom is 0.411 e. The van der Waals surface area contributed by atoms with Crippen LogP contribution in [0.2, 0.25) is 25.7 Å². The van der Waals surface area contributed by atoms with Gasteiger partial charge in [-0.3, -0.25) is 5.32 Å². The monoisotopic (exact) mass is 453 g/mol. The summed E-state index contributed by atoms with van der Waals surface area (Å²) in [5.74, 6) is 0.734. The Hall–Kier alpha value is -2.25. The molecular weight excluding hydrogens is 422 g/mol. The molecule has 0 spiro atoms. The number of aromatic amines is 1. The highest BCUT2D eigenvalue weighted by Gasteiger charge is 2.20. The molecule has 2 aromatic carbocycles. The number of benzene rings is 2. The Labute approximate surface area is 189 Å². The molecule has 0 saturated heterocycles. The number of imidazole rings is 1. The Bertz CT molecular complexity index is 1040. The van der Waals surface area contributed by atoms with E-state index in [4.69, 9.17) is 4.74 Å². The molecule has 0 bridgehead atoms. The van der Waals surface area contributed by atoms with E-state index in [9.17, 15) is 4.79 Å². The molecule has 0 atom stereocenters. The highest BCUT2D eigenvalue weighted by atomic mass is 32.2. The molecule has 7 heteroatoms. The first-order chi connectivity index (χ1) is 14.9. The van der Waals surface area contributed by atoms with Gasteiger partial charge in [0.1, 0.15) is 0 Å². The van der Waals surface area contributed by atoms with E-state index in [1.165, 1.54) is 17.5 Å². The fourth-order valence-corrected chi connectivity index (χ4v) is 5.48. The second-order valence-electron chi connectivity index (χ2n) is 9.36. The molecule has 0 unspecified atom stereocenters. The number of hydrogen-bond acceptors (Lipinski definition) is 4. The van der Waals surface area contributed by atoms with Gasteiger partial charge in [-0.25, -0.2) is 9.78 Å². The summed E-state index contributed by atoms with van der Waals surface area (Å²) in [7, 11) is -1.23. The van der Waals surface area contributed by atoms with E-state index in [2.05, 4.69) is 47.1 Å². The smallest absolute Gasteiger partial charge is 0.411 e. The first-order valence-electron chi connectivity index (χ1n) is 11.0. The van der Waals surface area contributed by atoms with E-state index >= 15 is 0 Å². The normalized spacial score (nSPS) is 13.8. The number of hydrogen-bond donors (Lipinski definition) is 2. The van der Waals surface area contributed by atoms with Gasteiger partial charge in [0.25, 0.3) is 0 Å². The maximum absolute atomic E-state index is 12.6. The number of nitrogens with one attached hydrogen (secondary N) is 2. The van der Waals surface area contributed by atoms with Crippen LogP contribution in [0.1, 0.15) is 29.5 Å². The predicted octanol–water partition coefficient (Wildman–Crippen LogP) is 6.62. The summed E-state index contributed by atoms with van der Waals surface area (Å²) in [4.78, 5) is 20.6. The van der Waals surface area contributed by atoms with Crippen molar-refractivity contribution in [3.8, 4) is 0 Å². The van der Waals surface area contributed by atoms with Crippen molar-refractivity contribution in [2.45, 2.75) is 62.3 Å². The molecule has 5 nitrogen and oxygen atoms in total. The molecule has 0 fully saturated rings. The summed E-state index contributed by atoms with van der Waals surface area (Å²) in [6.07, 6.45) is 4.11. The summed E-state index contributed by atoms with van der Waals surface area (Å²) >= 11 is 1.66. The zero-order chi connectivity index (χ0) is 21.8. The van der Waals surface area contributed by atoms with E-state index in [-0.39, 0.29) is 6.09 Å². The first-order valence-corrected chi connectivity index (χ1v) is 15.7. The summed E-state index contributed by atoms with van der Waals surface area (Å²) in [6.45, 7) is 7.35. The second kappa shape index (κ2) is 9.49. The predicted molar refractivity (Wildman–Crippen MR) is 132 cm³/mol. The van der Waals surface area contributed by atoms with Gasteiger partial charge in [0.2, 0.25) is 0 Å². The average molecular weight is 454 g/mol. The van der Waals surface area contributed by atoms with Crippen molar-refractivity contribution in [2.75, 3.05) is 11.9 Å². The SMILES string of the molecule is C[Si](C)(C)CCOC(=O)Nc1c(CSc2nc3ccccc3[nH]2)ccc2c1CCCC2. The Balaban J connectivity index is 1.50. The number of carbonyl (C=O) groups is 1. The number of carbonyl (C=O) groups excluding carboxylic acids is 1. The number of aromatic nitrogens is 2. The van der Waals surface area contributed by atoms with Gasteiger partial charge in [0.05, 0.1) is 23.3 Å².